The first-order chi connectivity index (χ1) is 6.61. The molecule has 1 aromatic rings. The van der Waals surface area contributed by atoms with Gasteiger partial charge in [-0.2, -0.15) is 5.06 Å². The maximum atomic E-state index is 5.55. The van der Waals surface area contributed by atoms with Crippen molar-refractivity contribution in [3.63, 3.8) is 0 Å². The van der Waals surface area contributed by atoms with E-state index in [0.29, 0.717) is 0 Å². The fourth-order valence-electron chi connectivity index (χ4n) is 1.01. The SMILES string of the molecule is CC(C)ON(C(N)=S)c1ccccc1. The molecule has 0 saturated heterocycles. The molecule has 0 fully saturated rings. The number of para-hydroxylation sites is 1. The van der Waals surface area contributed by atoms with Gasteiger partial charge in [0.25, 0.3) is 0 Å². The highest BCUT2D eigenvalue weighted by Gasteiger charge is 2.11. The highest BCUT2D eigenvalue weighted by atomic mass is 32.1. The molecule has 0 aliphatic rings. The van der Waals surface area contributed by atoms with Gasteiger partial charge in [-0.15, -0.1) is 0 Å². The second kappa shape index (κ2) is 4.93. The molecular formula is C10H14N2OS. The molecule has 1 rings (SSSR count). The largest absolute Gasteiger partial charge is 0.374 e. The van der Waals surface area contributed by atoms with Crippen molar-refractivity contribution >= 4 is 23.0 Å². The first-order valence-corrected chi connectivity index (χ1v) is 4.83. The smallest absolute Gasteiger partial charge is 0.195 e. The Balaban J connectivity index is 2.84. The van der Waals surface area contributed by atoms with Crippen LogP contribution in [0.4, 0.5) is 5.69 Å². The van der Waals surface area contributed by atoms with Gasteiger partial charge in [-0.3, -0.25) is 4.84 Å². The molecule has 0 radical (unpaired) electrons. The van der Waals surface area contributed by atoms with Crippen LogP contribution >= 0.6 is 12.2 Å². The van der Waals surface area contributed by atoms with Crippen molar-refractivity contribution in [3.8, 4) is 0 Å². The zero-order chi connectivity index (χ0) is 10.6. The van der Waals surface area contributed by atoms with E-state index in [2.05, 4.69) is 0 Å². The van der Waals surface area contributed by atoms with E-state index in [0.717, 1.165) is 5.69 Å². The Labute approximate surface area is 89.4 Å². The van der Waals surface area contributed by atoms with Crippen molar-refractivity contribution in [2.45, 2.75) is 20.0 Å². The second-order valence-corrected chi connectivity index (χ2v) is 3.54. The van der Waals surface area contributed by atoms with Crippen LogP contribution < -0.4 is 10.8 Å². The highest BCUT2D eigenvalue weighted by molar-refractivity contribution is 7.80. The van der Waals surface area contributed by atoms with E-state index in [-0.39, 0.29) is 11.2 Å². The summed E-state index contributed by atoms with van der Waals surface area (Å²) in [5.41, 5.74) is 6.39. The van der Waals surface area contributed by atoms with E-state index >= 15 is 0 Å². The zero-order valence-corrected chi connectivity index (χ0v) is 9.12. The molecule has 0 spiro atoms. The molecule has 0 aliphatic heterocycles. The van der Waals surface area contributed by atoms with Crippen LogP contribution in [0.5, 0.6) is 0 Å². The third kappa shape index (κ3) is 2.97. The van der Waals surface area contributed by atoms with Gasteiger partial charge in [0.1, 0.15) is 0 Å². The van der Waals surface area contributed by atoms with E-state index in [1.807, 2.05) is 44.2 Å². The second-order valence-electron chi connectivity index (χ2n) is 3.12. The van der Waals surface area contributed by atoms with Gasteiger partial charge in [0, 0.05) is 0 Å². The summed E-state index contributed by atoms with van der Waals surface area (Å²) < 4.78 is 0. The van der Waals surface area contributed by atoms with Crippen molar-refractivity contribution in [2.75, 3.05) is 5.06 Å². The number of anilines is 1. The Morgan fingerprint density at radius 3 is 2.36 bits per heavy atom. The number of rotatable bonds is 3. The molecule has 4 heteroatoms. The normalized spacial score (nSPS) is 10.2. The molecule has 0 saturated carbocycles. The summed E-state index contributed by atoms with van der Waals surface area (Å²) >= 11 is 4.90. The number of hydrogen-bond acceptors (Lipinski definition) is 2. The molecule has 2 N–H and O–H groups in total. The summed E-state index contributed by atoms with van der Waals surface area (Å²) in [7, 11) is 0. The zero-order valence-electron chi connectivity index (χ0n) is 8.31. The van der Waals surface area contributed by atoms with Crippen LogP contribution in [0, 0.1) is 0 Å². The molecule has 0 atom stereocenters. The van der Waals surface area contributed by atoms with Crippen LogP contribution in [0.3, 0.4) is 0 Å². The van der Waals surface area contributed by atoms with Gasteiger partial charge < -0.3 is 5.73 Å². The molecule has 76 valence electrons. The summed E-state index contributed by atoms with van der Waals surface area (Å²) in [6.07, 6.45) is 0.0386. The molecule has 0 bridgehead atoms. The predicted molar refractivity (Wildman–Crippen MR) is 61.9 cm³/mol. The Bertz CT molecular complexity index is 300. The van der Waals surface area contributed by atoms with E-state index < -0.39 is 0 Å². The number of nitrogens with two attached hydrogens (primary N) is 1. The minimum Gasteiger partial charge on any atom is -0.374 e. The summed E-state index contributed by atoms with van der Waals surface area (Å²) in [4.78, 5) is 5.46. The lowest BCUT2D eigenvalue weighted by atomic mass is 10.3. The molecule has 0 unspecified atom stereocenters. The number of hydroxylamine groups is 1. The number of hydrogen-bond donors (Lipinski definition) is 1. The molecule has 14 heavy (non-hydrogen) atoms. The lowest BCUT2D eigenvalue weighted by Gasteiger charge is -2.23. The first-order valence-electron chi connectivity index (χ1n) is 4.42. The maximum Gasteiger partial charge on any atom is 0.195 e. The van der Waals surface area contributed by atoms with Crippen LogP contribution in [0.1, 0.15) is 13.8 Å². The lowest BCUT2D eigenvalue weighted by Crippen LogP contribution is -2.37. The molecule has 3 nitrogen and oxygen atoms in total. The average Bonchev–Trinajstić information content (AvgIpc) is 2.15. The van der Waals surface area contributed by atoms with E-state index in [9.17, 15) is 0 Å². The third-order valence-corrected chi connectivity index (χ3v) is 1.67. The topological polar surface area (TPSA) is 38.5 Å². The van der Waals surface area contributed by atoms with Gasteiger partial charge in [0.05, 0.1) is 11.8 Å². The van der Waals surface area contributed by atoms with Crippen LogP contribution in [0.2, 0.25) is 0 Å². The van der Waals surface area contributed by atoms with Gasteiger partial charge in [-0.25, -0.2) is 0 Å². The quantitative estimate of drug-likeness (QED) is 0.612. The minimum absolute atomic E-state index is 0.0386. The maximum absolute atomic E-state index is 5.55. The van der Waals surface area contributed by atoms with Crippen LogP contribution in [-0.2, 0) is 4.84 Å². The van der Waals surface area contributed by atoms with Crippen molar-refractivity contribution < 1.29 is 4.84 Å². The Morgan fingerprint density at radius 2 is 1.93 bits per heavy atom. The Morgan fingerprint density at radius 1 is 1.36 bits per heavy atom. The lowest BCUT2D eigenvalue weighted by molar-refractivity contribution is 0.0862. The van der Waals surface area contributed by atoms with Gasteiger partial charge in [-0.1, -0.05) is 18.2 Å². The fraction of sp³-hybridized carbons (Fsp3) is 0.300. The van der Waals surface area contributed by atoms with Gasteiger partial charge >= 0.3 is 0 Å². The van der Waals surface area contributed by atoms with Crippen molar-refractivity contribution in [3.05, 3.63) is 30.3 Å². The van der Waals surface area contributed by atoms with Crippen LogP contribution in [0.25, 0.3) is 0 Å². The molecule has 0 aromatic heterocycles. The monoisotopic (exact) mass is 210 g/mol. The molecule has 0 aliphatic carbocycles. The molecule has 0 heterocycles. The van der Waals surface area contributed by atoms with Crippen molar-refractivity contribution in [2.24, 2.45) is 5.73 Å². The Hall–Kier alpha value is -1.13. The number of benzene rings is 1. The molecule has 0 amide bonds. The van der Waals surface area contributed by atoms with Gasteiger partial charge in [-0.05, 0) is 38.2 Å². The highest BCUT2D eigenvalue weighted by Crippen LogP contribution is 2.14. The van der Waals surface area contributed by atoms with E-state index in [1.54, 1.807) is 0 Å². The molecule has 1 aromatic carbocycles. The number of nitrogens with zero attached hydrogens (tertiary/aromatic N) is 1. The Kier molecular flexibility index (Phi) is 3.85. The van der Waals surface area contributed by atoms with Crippen molar-refractivity contribution in [1.82, 2.24) is 0 Å². The van der Waals surface area contributed by atoms with Gasteiger partial charge in [0.15, 0.2) is 5.11 Å². The van der Waals surface area contributed by atoms with Crippen LogP contribution in [-0.4, -0.2) is 11.2 Å². The standard InChI is InChI=1S/C10H14N2OS/c1-8(2)13-12(10(11)14)9-6-4-3-5-7-9/h3-8H,1-2H3,(H2,11,14). The first kappa shape index (κ1) is 10.9. The van der Waals surface area contributed by atoms with E-state index in [4.69, 9.17) is 22.8 Å². The van der Waals surface area contributed by atoms with Gasteiger partial charge in [0.2, 0.25) is 0 Å². The summed E-state index contributed by atoms with van der Waals surface area (Å²) in [6.45, 7) is 3.85. The fourth-order valence-corrected chi connectivity index (χ4v) is 1.16. The average molecular weight is 210 g/mol. The third-order valence-electron chi connectivity index (χ3n) is 1.51. The summed E-state index contributed by atoms with van der Waals surface area (Å²) in [5.74, 6) is 0. The number of thiocarbonyl (C=S) groups is 1. The predicted octanol–water partition coefficient (Wildman–Crippen LogP) is 2.08. The summed E-state index contributed by atoms with van der Waals surface area (Å²) in [5, 5.41) is 1.67. The summed E-state index contributed by atoms with van der Waals surface area (Å²) in [6, 6.07) is 9.52. The minimum atomic E-state index is 0.0386. The van der Waals surface area contributed by atoms with Crippen molar-refractivity contribution in [1.29, 1.82) is 0 Å². The molecular weight excluding hydrogens is 196 g/mol. The van der Waals surface area contributed by atoms with Crippen LogP contribution in [0.15, 0.2) is 30.3 Å². The van der Waals surface area contributed by atoms with E-state index in [1.165, 1.54) is 5.06 Å².